The van der Waals surface area contributed by atoms with Gasteiger partial charge in [0.2, 0.25) is 5.91 Å². The van der Waals surface area contributed by atoms with Gasteiger partial charge in [0.1, 0.15) is 5.69 Å². The van der Waals surface area contributed by atoms with Crippen LogP contribution in [-0.2, 0) is 4.79 Å². The number of primary amides is 1. The third-order valence-corrected chi connectivity index (χ3v) is 1.27. The zero-order chi connectivity index (χ0) is 8.97. The lowest BCUT2D eigenvalue weighted by Crippen LogP contribution is -2.33. The summed E-state index contributed by atoms with van der Waals surface area (Å²) in [4.78, 5) is 24.0. The van der Waals surface area contributed by atoms with E-state index < -0.39 is 5.91 Å². The van der Waals surface area contributed by atoms with Gasteiger partial charge in [0, 0.05) is 6.20 Å². The first kappa shape index (κ1) is 8.32. The van der Waals surface area contributed by atoms with E-state index in [2.05, 4.69) is 10.3 Å². The molecular formula is C7H9N3O2. The minimum atomic E-state index is -0.560. The van der Waals surface area contributed by atoms with Crippen LogP contribution in [-0.4, -0.2) is 23.3 Å². The normalized spacial score (nSPS) is 9.33. The first-order chi connectivity index (χ1) is 5.70. The molecule has 0 aliphatic carbocycles. The molecule has 4 N–H and O–H groups in total. The van der Waals surface area contributed by atoms with Crippen LogP contribution in [0.25, 0.3) is 0 Å². The molecule has 0 saturated heterocycles. The monoisotopic (exact) mass is 167 g/mol. The Labute approximate surface area is 68.9 Å². The number of nitrogens with one attached hydrogen (secondary N) is 2. The van der Waals surface area contributed by atoms with E-state index in [0.29, 0.717) is 5.69 Å². The Kier molecular flexibility index (Phi) is 2.47. The summed E-state index contributed by atoms with van der Waals surface area (Å²) >= 11 is 0. The molecule has 5 nitrogen and oxygen atoms in total. The van der Waals surface area contributed by atoms with Crippen molar-refractivity contribution < 1.29 is 9.59 Å². The number of carbonyl (C=O) groups excluding carboxylic acids is 2. The number of aromatic nitrogens is 1. The number of carbonyl (C=O) groups is 2. The van der Waals surface area contributed by atoms with Crippen LogP contribution in [0.1, 0.15) is 10.5 Å². The highest BCUT2D eigenvalue weighted by molar-refractivity contribution is 5.94. The van der Waals surface area contributed by atoms with Gasteiger partial charge in [-0.25, -0.2) is 0 Å². The van der Waals surface area contributed by atoms with Crippen molar-refractivity contribution in [2.24, 2.45) is 5.73 Å². The van der Waals surface area contributed by atoms with Crippen molar-refractivity contribution in [3.63, 3.8) is 0 Å². The quantitative estimate of drug-likeness (QED) is 0.552. The molecule has 0 aliphatic heterocycles. The molecule has 1 rings (SSSR count). The number of amides is 2. The summed E-state index contributed by atoms with van der Waals surface area (Å²) in [6.45, 7) is -0.141. The van der Waals surface area contributed by atoms with Crippen LogP contribution < -0.4 is 11.1 Å². The minimum absolute atomic E-state index is 0.141. The molecule has 1 aromatic rings. The van der Waals surface area contributed by atoms with E-state index in [-0.39, 0.29) is 12.5 Å². The maximum Gasteiger partial charge on any atom is 0.268 e. The SMILES string of the molecule is NC(=O)CNC(=O)c1ccc[nH]1. The summed E-state index contributed by atoms with van der Waals surface area (Å²) in [5, 5.41) is 2.34. The summed E-state index contributed by atoms with van der Waals surface area (Å²) < 4.78 is 0. The second-order valence-corrected chi connectivity index (χ2v) is 2.23. The second-order valence-electron chi connectivity index (χ2n) is 2.23. The summed E-state index contributed by atoms with van der Waals surface area (Å²) in [6, 6.07) is 3.30. The second kappa shape index (κ2) is 3.56. The van der Waals surface area contributed by atoms with Crippen LogP contribution in [0, 0.1) is 0 Å². The fourth-order valence-corrected chi connectivity index (χ4v) is 0.734. The molecule has 0 unspecified atom stereocenters. The lowest BCUT2D eigenvalue weighted by Gasteiger charge is -1.98. The molecule has 0 saturated carbocycles. The number of H-pyrrole nitrogens is 1. The van der Waals surface area contributed by atoms with Gasteiger partial charge in [0.15, 0.2) is 0 Å². The Hall–Kier alpha value is -1.78. The van der Waals surface area contributed by atoms with E-state index in [1.165, 1.54) is 0 Å². The van der Waals surface area contributed by atoms with Crippen molar-refractivity contribution in [3.05, 3.63) is 24.0 Å². The molecule has 0 bridgehead atoms. The van der Waals surface area contributed by atoms with Crippen molar-refractivity contribution in [1.82, 2.24) is 10.3 Å². The van der Waals surface area contributed by atoms with Gasteiger partial charge in [-0.1, -0.05) is 0 Å². The number of aromatic amines is 1. The Morgan fingerprint density at radius 2 is 2.33 bits per heavy atom. The molecule has 0 aromatic carbocycles. The third kappa shape index (κ3) is 2.12. The van der Waals surface area contributed by atoms with Crippen molar-refractivity contribution in [1.29, 1.82) is 0 Å². The molecule has 0 radical (unpaired) electrons. The first-order valence-corrected chi connectivity index (χ1v) is 3.40. The molecule has 0 fully saturated rings. The van der Waals surface area contributed by atoms with E-state index in [0.717, 1.165) is 0 Å². The molecule has 1 heterocycles. The number of hydrogen-bond donors (Lipinski definition) is 3. The number of nitrogens with two attached hydrogens (primary N) is 1. The molecule has 5 heteroatoms. The van der Waals surface area contributed by atoms with Gasteiger partial charge in [-0.3, -0.25) is 9.59 Å². The van der Waals surface area contributed by atoms with Gasteiger partial charge in [0.25, 0.3) is 5.91 Å². The Morgan fingerprint density at radius 3 is 2.83 bits per heavy atom. The average molecular weight is 167 g/mol. The minimum Gasteiger partial charge on any atom is -0.368 e. The van der Waals surface area contributed by atoms with E-state index >= 15 is 0 Å². The molecule has 0 spiro atoms. The zero-order valence-corrected chi connectivity index (χ0v) is 6.33. The lowest BCUT2D eigenvalue weighted by molar-refractivity contribution is -0.117. The zero-order valence-electron chi connectivity index (χ0n) is 6.33. The van der Waals surface area contributed by atoms with Gasteiger partial charge in [-0.2, -0.15) is 0 Å². The van der Waals surface area contributed by atoms with Gasteiger partial charge in [0.05, 0.1) is 6.54 Å². The Balaban J connectivity index is 2.45. The summed E-state index contributed by atoms with van der Waals surface area (Å²) in [6.07, 6.45) is 1.62. The third-order valence-electron chi connectivity index (χ3n) is 1.27. The first-order valence-electron chi connectivity index (χ1n) is 3.40. The summed E-state index contributed by atoms with van der Waals surface area (Å²) in [7, 11) is 0. The van der Waals surface area contributed by atoms with Crippen LogP contribution in [0.15, 0.2) is 18.3 Å². The van der Waals surface area contributed by atoms with Crippen molar-refractivity contribution >= 4 is 11.8 Å². The number of hydrogen-bond acceptors (Lipinski definition) is 2. The predicted octanol–water partition coefficient (Wildman–Crippen LogP) is -0.770. The highest BCUT2D eigenvalue weighted by Crippen LogP contribution is 1.92. The van der Waals surface area contributed by atoms with Gasteiger partial charge >= 0.3 is 0 Å². The molecular weight excluding hydrogens is 158 g/mol. The van der Waals surface area contributed by atoms with Crippen LogP contribution >= 0.6 is 0 Å². The van der Waals surface area contributed by atoms with Crippen molar-refractivity contribution in [2.45, 2.75) is 0 Å². The standard InChI is InChI=1S/C7H9N3O2/c8-6(11)4-10-7(12)5-2-1-3-9-5/h1-3,9H,4H2,(H2,8,11)(H,10,12). The molecule has 1 aromatic heterocycles. The lowest BCUT2D eigenvalue weighted by atomic mass is 10.4. The predicted molar refractivity (Wildman–Crippen MR) is 42.3 cm³/mol. The van der Waals surface area contributed by atoms with E-state index in [1.807, 2.05) is 0 Å². The summed E-state index contributed by atoms with van der Waals surface area (Å²) in [5.41, 5.74) is 5.24. The highest BCUT2D eigenvalue weighted by Gasteiger charge is 2.05. The Bertz CT molecular complexity index is 279. The molecule has 64 valence electrons. The van der Waals surface area contributed by atoms with E-state index in [1.54, 1.807) is 18.3 Å². The maximum absolute atomic E-state index is 11.1. The van der Waals surface area contributed by atoms with Gasteiger partial charge in [-0.05, 0) is 12.1 Å². The maximum atomic E-state index is 11.1. The van der Waals surface area contributed by atoms with Crippen LogP contribution in [0.2, 0.25) is 0 Å². The van der Waals surface area contributed by atoms with E-state index in [9.17, 15) is 9.59 Å². The van der Waals surface area contributed by atoms with Crippen molar-refractivity contribution in [2.75, 3.05) is 6.54 Å². The average Bonchev–Trinajstić information content (AvgIpc) is 2.51. The smallest absolute Gasteiger partial charge is 0.268 e. The summed E-state index contributed by atoms with van der Waals surface area (Å²) in [5.74, 6) is -0.895. The van der Waals surface area contributed by atoms with Crippen molar-refractivity contribution in [3.8, 4) is 0 Å². The van der Waals surface area contributed by atoms with Crippen LogP contribution in [0.4, 0.5) is 0 Å². The molecule has 2 amide bonds. The number of rotatable bonds is 3. The van der Waals surface area contributed by atoms with Gasteiger partial charge in [-0.15, -0.1) is 0 Å². The molecule has 0 atom stereocenters. The molecule has 12 heavy (non-hydrogen) atoms. The van der Waals surface area contributed by atoms with E-state index in [4.69, 9.17) is 5.73 Å². The van der Waals surface area contributed by atoms with Crippen LogP contribution in [0.5, 0.6) is 0 Å². The fourth-order valence-electron chi connectivity index (χ4n) is 0.734. The Morgan fingerprint density at radius 1 is 1.58 bits per heavy atom. The van der Waals surface area contributed by atoms with Crippen LogP contribution in [0.3, 0.4) is 0 Å². The van der Waals surface area contributed by atoms with Gasteiger partial charge < -0.3 is 16.0 Å². The molecule has 0 aliphatic rings. The largest absolute Gasteiger partial charge is 0.368 e. The highest BCUT2D eigenvalue weighted by atomic mass is 16.2. The topological polar surface area (TPSA) is 88.0 Å². The fraction of sp³-hybridized carbons (Fsp3) is 0.143.